The minimum absolute atomic E-state index is 0.0904. The molecule has 14 heteroatoms. The Hall–Kier alpha value is -3.87. The number of ether oxygens (including phenoxy) is 2. The van der Waals surface area contributed by atoms with Crippen LogP contribution in [0.25, 0.3) is 10.9 Å². The molecule has 1 fully saturated rings. The minimum atomic E-state index is -1.55. The molecule has 2 aromatic heterocycles. The van der Waals surface area contributed by atoms with E-state index in [9.17, 15) is 13.8 Å². The van der Waals surface area contributed by atoms with Gasteiger partial charge in [0.25, 0.3) is 5.91 Å². The first-order valence-corrected chi connectivity index (χ1v) is 13.1. The number of rotatable bonds is 8. The van der Waals surface area contributed by atoms with Crippen molar-refractivity contribution >= 4 is 68.6 Å². The molecule has 0 saturated carbocycles. The number of alkyl carbamates (subject to hydrolysis) is 1. The second-order valence-electron chi connectivity index (χ2n) is 8.18. The molecule has 4 aromatic rings. The van der Waals surface area contributed by atoms with E-state index in [0.29, 0.717) is 45.3 Å². The Morgan fingerprint density at radius 1 is 1.24 bits per heavy atom. The van der Waals surface area contributed by atoms with E-state index in [1.54, 1.807) is 48.0 Å². The smallest absolute Gasteiger partial charge is 0.407 e. The molecule has 2 unspecified atom stereocenters. The maximum atomic E-state index is 13.1. The highest BCUT2D eigenvalue weighted by atomic mass is 35.5. The zero-order valence-corrected chi connectivity index (χ0v) is 22.1. The van der Waals surface area contributed by atoms with Crippen molar-refractivity contribution in [3.8, 4) is 5.75 Å². The molecule has 0 spiro atoms. The lowest BCUT2D eigenvalue weighted by Crippen LogP contribution is -2.22. The lowest BCUT2D eigenvalue weighted by atomic mass is 10.2. The summed E-state index contributed by atoms with van der Waals surface area (Å²) in [6.45, 7) is 0.420. The van der Waals surface area contributed by atoms with Gasteiger partial charge in [0, 0.05) is 36.6 Å². The van der Waals surface area contributed by atoms with E-state index in [4.69, 9.17) is 32.7 Å². The minimum Gasteiger partial charge on any atom is -0.488 e. The summed E-state index contributed by atoms with van der Waals surface area (Å²) < 4.78 is 27.8. The number of fused-ring (bicyclic) bond motifs is 1. The van der Waals surface area contributed by atoms with Crippen molar-refractivity contribution in [3.63, 3.8) is 0 Å². The van der Waals surface area contributed by atoms with Crippen LogP contribution in [0, 0.1) is 0 Å². The predicted molar refractivity (Wildman–Crippen MR) is 143 cm³/mol. The number of hydrogen-bond acceptors (Lipinski definition) is 7. The average molecular weight is 575 g/mol. The van der Waals surface area contributed by atoms with Crippen molar-refractivity contribution in [2.45, 2.75) is 11.0 Å². The molecule has 1 saturated heterocycles. The zero-order valence-electron chi connectivity index (χ0n) is 19.7. The number of aromatic nitrogens is 3. The second-order valence-corrected chi connectivity index (χ2v) is 10.2. The maximum absolute atomic E-state index is 13.1. The molecule has 0 radical (unpaired) electrons. The highest BCUT2D eigenvalue weighted by molar-refractivity contribution is 7.86. The number of carbonyl (C=O) groups is 2. The van der Waals surface area contributed by atoms with Crippen molar-refractivity contribution in [1.82, 2.24) is 19.9 Å². The van der Waals surface area contributed by atoms with Crippen molar-refractivity contribution in [1.29, 1.82) is 0 Å². The highest BCUT2D eigenvalue weighted by Gasteiger charge is 2.25. The van der Waals surface area contributed by atoms with E-state index in [1.165, 1.54) is 18.6 Å². The number of halogens is 2. The number of amides is 2. The van der Waals surface area contributed by atoms with Crippen LogP contribution in [-0.4, -0.2) is 50.0 Å². The number of hydrogen-bond donors (Lipinski definition) is 3. The van der Waals surface area contributed by atoms with Gasteiger partial charge in [0.15, 0.2) is 22.9 Å². The predicted octanol–water partition coefficient (Wildman–Crippen LogP) is 4.15. The summed E-state index contributed by atoms with van der Waals surface area (Å²) >= 11 is 12.9. The van der Waals surface area contributed by atoms with Gasteiger partial charge in [-0.2, -0.15) is 0 Å². The van der Waals surface area contributed by atoms with Crippen LogP contribution in [0.15, 0.2) is 59.9 Å². The van der Waals surface area contributed by atoms with Gasteiger partial charge in [-0.25, -0.2) is 14.0 Å². The highest BCUT2D eigenvalue weighted by Crippen LogP contribution is 2.40. The maximum Gasteiger partial charge on any atom is 0.407 e. The van der Waals surface area contributed by atoms with Gasteiger partial charge in [-0.3, -0.25) is 14.5 Å². The van der Waals surface area contributed by atoms with Gasteiger partial charge >= 0.3 is 6.09 Å². The van der Waals surface area contributed by atoms with Crippen LogP contribution >= 0.6 is 23.2 Å². The van der Waals surface area contributed by atoms with Crippen LogP contribution in [0.1, 0.15) is 10.5 Å². The number of carbonyl (C=O) groups excluding carboxylic acids is 2. The number of nitrogens with one attached hydrogen (secondary N) is 3. The first-order chi connectivity index (χ1) is 18.3. The molecule has 0 bridgehead atoms. The first-order valence-electron chi connectivity index (χ1n) is 11.2. The third-order valence-corrected chi connectivity index (χ3v) is 7.64. The summed E-state index contributed by atoms with van der Waals surface area (Å²) in [4.78, 5) is 32.8. The normalized spacial score (nSPS) is 15.6. The molecular formula is C24H20Cl2N6O5S. The number of aryl methyl sites for hydroxylation is 1. The lowest BCUT2D eigenvalue weighted by Gasteiger charge is -2.13. The quantitative estimate of drug-likeness (QED) is 0.287. The fourth-order valence-corrected chi connectivity index (χ4v) is 5.03. The zero-order chi connectivity index (χ0) is 26.8. The van der Waals surface area contributed by atoms with E-state index < -0.39 is 23.2 Å². The number of nitrogens with zero attached hydrogens (tertiary/aromatic N) is 3. The van der Waals surface area contributed by atoms with Gasteiger partial charge in [0.2, 0.25) is 0 Å². The monoisotopic (exact) mass is 574 g/mol. The molecule has 11 nitrogen and oxygen atoms in total. The summed E-state index contributed by atoms with van der Waals surface area (Å²) in [6, 6.07) is 9.87. The van der Waals surface area contributed by atoms with Crippen molar-refractivity contribution in [2.75, 3.05) is 23.2 Å². The van der Waals surface area contributed by atoms with E-state index in [0.717, 1.165) is 0 Å². The second kappa shape index (κ2) is 10.9. The van der Waals surface area contributed by atoms with E-state index >= 15 is 0 Å². The molecular weight excluding hydrogens is 555 g/mol. The van der Waals surface area contributed by atoms with Gasteiger partial charge in [-0.1, -0.05) is 23.2 Å². The van der Waals surface area contributed by atoms with Crippen LogP contribution in [0.5, 0.6) is 5.75 Å². The molecule has 5 rings (SSSR count). The SMILES string of the molecule is Cn1c(C(=O)Nc2ccc(S(=O)Nc3cnccn3)cc2)cc2c(Cl)c(Cl)c(OCC3CNC(=O)O3)cc21. The van der Waals surface area contributed by atoms with Gasteiger partial charge in [0.1, 0.15) is 23.1 Å². The fraction of sp³-hybridized carbons (Fsp3) is 0.167. The molecule has 2 atom stereocenters. The van der Waals surface area contributed by atoms with Crippen molar-refractivity contribution in [3.05, 3.63) is 70.7 Å². The number of anilines is 2. The third-order valence-electron chi connectivity index (χ3n) is 5.68. The molecule has 196 valence electrons. The fourth-order valence-electron chi connectivity index (χ4n) is 3.78. The van der Waals surface area contributed by atoms with E-state index in [1.807, 2.05) is 0 Å². The molecule has 3 heterocycles. The van der Waals surface area contributed by atoms with Crippen LogP contribution in [-0.2, 0) is 22.8 Å². The molecule has 1 aliphatic rings. The summed E-state index contributed by atoms with van der Waals surface area (Å²) in [5, 5.41) is 6.38. The molecule has 3 N–H and O–H groups in total. The topological polar surface area (TPSA) is 136 Å². The average Bonchev–Trinajstić information content (AvgIpc) is 3.49. The molecule has 0 aliphatic carbocycles. The summed E-state index contributed by atoms with van der Waals surface area (Å²) in [7, 11) is 0.167. The van der Waals surface area contributed by atoms with Crippen LogP contribution in [0.2, 0.25) is 10.0 Å². The summed E-state index contributed by atoms with van der Waals surface area (Å²) in [5.41, 5.74) is 1.47. The Morgan fingerprint density at radius 2 is 2.03 bits per heavy atom. The molecule has 2 aromatic carbocycles. The first kappa shape index (κ1) is 25.8. The van der Waals surface area contributed by atoms with E-state index in [-0.39, 0.29) is 22.6 Å². The van der Waals surface area contributed by atoms with Crippen LogP contribution in [0.3, 0.4) is 0 Å². The Morgan fingerprint density at radius 3 is 2.71 bits per heavy atom. The van der Waals surface area contributed by atoms with Crippen LogP contribution < -0.4 is 20.1 Å². The Bertz CT molecular complexity index is 1550. The number of benzene rings is 2. The van der Waals surface area contributed by atoms with Crippen molar-refractivity contribution in [2.24, 2.45) is 7.05 Å². The standard InChI is InChI=1S/C24H20Cl2N6O5S/c1-32-17-9-19(36-12-14-10-29-24(34)37-14)22(26)21(25)16(17)8-18(32)23(33)30-13-2-4-15(5-3-13)38(35)31-20-11-27-6-7-28-20/h2-9,11,14H,10,12H2,1H3,(H,28,31)(H,29,34)(H,30,33). The molecule has 2 amide bonds. The lowest BCUT2D eigenvalue weighted by molar-refractivity contribution is 0.101. The van der Waals surface area contributed by atoms with Gasteiger partial charge < -0.3 is 24.7 Å². The molecule has 1 aliphatic heterocycles. The van der Waals surface area contributed by atoms with Gasteiger partial charge in [-0.15, -0.1) is 0 Å². The third kappa shape index (κ3) is 5.37. The van der Waals surface area contributed by atoms with Gasteiger partial charge in [-0.05, 0) is 30.3 Å². The molecule has 38 heavy (non-hydrogen) atoms. The summed E-state index contributed by atoms with van der Waals surface area (Å²) in [5.74, 6) is 0.304. The number of cyclic esters (lactones) is 1. The van der Waals surface area contributed by atoms with Crippen molar-refractivity contribution < 1.29 is 23.3 Å². The van der Waals surface area contributed by atoms with E-state index in [2.05, 4.69) is 25.3 Å². The Kier molecular flexibility index (Phi) is 7.36. The Balaban J connectivity index is 1.30. The largest absolute Gasteiger partial charge is 0.488 e. The van der Waals surface area contributed by atoms with Crippen LogP contribution in [0.4, 0.5) is 16.3 Å². The summed E-state index contributed by atoms with van der Waals surface area (Å²) in [6.07, 6.45) is 3.53. The van der Waals surface area contributed by atoms with Gasteiger partial charge in [0.05, 0.1) is 28.2 Å². The Labute approximate surface area is 229 Å².